The topological polar surface area (TPSA) is 51.5 Å². The summed E-state index contributed by atoms with van der Waals surface area (Å²) in [5.41, 5.74) is 7.55. The molecule has 5 aromatic rings. The van der Waals surface area contributed by atoms with Crippen molar-refractivity contribution in [3.05, 3.63) is 102 Å². The number of hydrogen-bond acceptors (Lipinski definition) is 3. The van der Waals surface area contributed by atoms with Crippen molar-refractivity contribution in [2.75, 3.05) is 11.9 Å². The fraction of sp³-hybridized carbons (Fsp3) is 0.156. The van der Waals surface area contributed by atoms with Crippen LogP contribution in [0.4, 0.5) is 5.69 Å². The lowest BCUT2D eigenvalue weighted by molar-refractivity contribution is -0.111. The molecule has 0 saturated heterocycles. The van der Waals surface area contributed by atoms with E-state index in [0.29, 0.717) is 12.4 Å². The normalized spacial score (nSPS) is 11.7. The number of carbonyl (C=O) groups excluding carboxylic acids is 1. The van der Waals surface area contributed by atoms with Crippen LogP contribution in [0, 0.1) is 13.8 Å². The summed E-state index contributed by atoms with van der Waals surface area (Å²) in [6, 6.07) is 24.6. The average Bonchev–Trinajstić information content (AvgIpc) is 3.27. The molecule has 0 saturated carbocycles. The smallest absolute Gasteiger partial charge is 0.248 e. The highest BCUT2D eigenvalue weighted by Gasteiger charge is 2.16. The van der Waals surface area contributed by atoms with Gasteiger partial charge in [-0.1, -0.05) is 60.2 Å². The molecule has 1 aromatic heterocycles. The SMILES string of the molecule is CCOc1cc2occ(-c3cccc4ccccc34)c2cc1/C(C)=C/C(=O)Nc1ccc(C)cc1C. The Labute approximate surface area is 211 Å². The Kier molecular flexibility index (Phi) is 6.34. The molecule has 1 heterocycles. The van der Waals surface area contributed by atoms with Crippen molar-refractivity contribution in [1.82, 2.24) is 0 Å². The summed E-state index contributed by atoms with van der Waals surface area (Å²) in [6.45, 7) is 8.42. The van der Waals surface area contributed by atoms with Gasteiger partial charge in [-0.2, -0.15) is 0 Å². The van der Waals surface area contributed by atoms with Gasteiger partial charge in [0.25, 0.3) is 0 Å². The fourth-order valence-electron chi connectivity index (χ4n) is 4.70. The Bertz CT molecular complexity index is 1620. The molecule has 1 amide bonds. The van der Waals surface area contributed by atoms with E-state index in [-0.39, 0.29) is 5.91 Å². The van der Waals surface area contributed by atoms with Crippen molar-refractivity contribution in [2.45, 2.75) is 27.7 Å². The van der Waals surface area contributed by atoms with Crippen LogP contribution in [0.2, 0.25) is 0 Å². The molecule has 0 aliphatic carbocycles. The second-order valence-corrected chi connectivity index (χ2v) is 9.09. The van der Waals surface area contributed by atoms with Crippen LogP contribution in [0.5, 0.6) is 5.75 Å². The molecule has 4 heteroatoms. The van der Waals surface area contributed by atoms with E-state index < -0.39 is 0 Å². The molecule has 36 heavy (non-hydrogen) atoms. The molecular formula is C32H29NO3. The van der Waals surface area contributed by atoms with E-state index in [0.717, 1.165) is 50.0 Å². The zero-order chi connectivity index (χ0) is 25.2. The number of rotatable bonds is 6. The number of fused-ring (bicyclic) bond motifs is 2. The van der Waals surface area contributed by atoms with E-state index >= 15 is 0 Å². The van der Waals surface area contributed by atoms with Crippen LogP contribution >= 0.6 is 0 Å². The summed E-state index contributed by atoms with van der Waals surface area (Å²) < 4.78 is 11.9. The monoisotopic (exact) mass is 475 g/mol. The van der Waals surface area contributed by atoms with Gasteiger partial charge >= 0.3 is 0 Å². The van der Waals surface area contributed by atoms with Gasteiger partial charge in [-0.3, -0.25) is 4.79 Å². The molecule has 5 rings (SSSR count). The molecule has 0 unspecified atom stereocenters. The molecular weight excluding hydrogens is 446 g/mol. The first-order valence-corrected chi connectivity index (χ1v) is 12.2. The summed E-state index contributed by atoms with van der Waals surface area (Å²) >= 11 is 0. The van der Waals surface area contributed by atoms with E-state index in [1.165, 1.54) is 10.8 Å². The fourth-order valence-corrected chi connectivity index (χ4v) is 4.70. The van der Waals surface area contributed by atoms with Crippen LogP contribution in [-0.2, 0) is 4.79 Å². The number of ether oxygens (including phenoxy) is 1. The number of aryl methyl sites for hydroxylation is 2. The zero-order valence-electron chi connectivity index (χ0n) is 21.0. The summed E-state index contributed by atoms with van der Waals surface area (Å²) in [7, 11) is 0. The van der Waals surface area contributed by atoms with Crippen LogP contribution < -0.4 is 10.1 Å². The van der Waals surface area contributed by atoms with Gasteiger partial charge in [0, 0.05) is 34.3 Å². The molecule has 180 valence electrons. The van der Waals surface area contributed by atoms with Crippen LogP contribution in [0.1, 0.15) is 30.5 Å². The second-order valence-electron chi connectivity index (χ2n) is 9.09. The minimum Gasteiger partial charge on any atom is -0.493 e. The third-order valence-electron chi connectivity index (χ3n) is 6.47. The maximum Gasteiger partial charge on any atom is 0.248 e. The molecule has 0 aliphatic heterocycles. The van der Waals surface area contributed by atoms with Gasteiger partial charge in [-0.25, -0.2) is 0 Å². The Balaban J connectivity index is 1.57. The highest BCUT2D eigenvalue weighted by Crippen LogP contribution is 2.39. The van der Waals surface area contributed by atoms with Crippen molar-refractivity contribution >= 4 is 38.9 Å². The van der Waals surface area contributed by atoms with Crippen LogP contribution in [-0.4, -0.2) is 12.5 Å². The highest BCUT2D eigenvalue weighted by molar-refractivity contribution is 6.07. The molecule has 4 aromatic carbocycles. The van der Waals surface area contributed by atoms with Crippen molar-refractivity contribution in [2.24, 2.45) is 0 Å². The first-order chi connectivity index (χ1) is 17.4. The first kappa shape index (κ1) is 23.4. The van der Waals surface area contributed by atoms with Gasteiger partial charge in [0.1, 0.15) is 11.3 Å². The van der Waals surface area contributed by atoms with Gasteiger partial charge in [0.2, 0.25) is 5.91 Å². The van der Waals surface area contributed by atoms with Gasteiger partial charge in [-0.05, 0) is 67.3 Å². The molecule has 0 atom stereocenters. The van der Waals surface area contributed by atoms with Gasteiger partial charge < -0.3 is 14.5 Å². The lowest BCUT2D eigenvalue weighted by atomic mass is 9.96. The summed E-state index contributed by atoms with van der Waals surface area (Å²) in [6.07, 6.45) is 3.43. The first-order valence-electron chi connectivity index (χ1n) is 12.2. The largest absolute Gasteiger partial charge is 0.493 e. The number of amides is 1. The Morgan fingerprint density at radius 1 is 0.944 bits per heavy atom. The number of anilines is 1. The van der Waals surface area contributed by atoms with Crippen LogP contribution in [0.3, 0.4) is 0 Å². The summed E-state index contributed by atoms with van der Waals surface area (Å²) in [4.78, 5) is 12.9. The van der Waals surface area contributed by atoms with E-state index in [4.69, 9.17) is 9.15 Å². The minimum atomic E-state index is -0.177. The predicted molar refractivity (Wildman–Crippen MR) is 149 cm³/mol. The van der Waals surface area contributed by atoms with E-state index in [1.54, 1.807) is 12.3 Å². The third kappa shape index (κ3) is 4.50. The van der Waals surface area contributed by atoms with E-state index in [2.05, 4.69) is 47.8 Å². The Morgan fingerprint density at radius 2 is 1.75 bits per heavy atom. The van der Waals surface area contributed by atoms with Crippen LogP contribution in [0.25, 0.3) is 38.4 Å². The molecule has 4 nitrogen and oxygen atoms in total. The minimum absolute atomic E-state index is 0.177. The molecule has 0 spiro atoms. The van der Waals surface area contributed by atoms with E-state index in [1.807, 2.05) is 58.0 Å². The number of allylic oxidation sites excluding steroid dienone is 1. The number of nitrogens with one attached hydrogen (secondary N) is 1. The molecule has 0 aliphatic rings. The van der Waals surface area contributed by atoms with Gasteiger partial charge in [0.05, 0.1) is 12.9 Å². The molecule has 1 N–H and O–H groups in total. The highest BCUT2D eigenvalue weighted by atomic mass is 16.5. The number of benzene rings is 4. The van der Waals surface area contributed by atoms with Crippen molar-refractivity contribution in [3.8, 4) is 16.9 Å². The molecule has 0 bridgehead atoms. The number of furan rings is 1. The van der Waals surface area contributed by atoms with Crippen molar-refractivity contribution < 1.29 is 13.9 Å². The van der Waals surface area contributed by atoms with Crippen LogP contribution in [0.15, 0.2) is 89.6 Å². The summed E-state index contributed by atoms with van der Waals surface area (Å²) in [5, 5.41) is 6.32. The Hall–Kier alpha value is -4.31. The maximum absolute atomic E-state index is 12.9. The van der Waals surface area contributed by atoms with Crippen molar-refractivity contribution in [1.29, 1.82) is 0 Å². The molecule has 0 radical (unpaired) electrons. The maximum atomic E-state index is 12.9. The lowest BCUT2D eigenvalue weighted by Gasteiger charge is -2.12. The quantitative estimate of drug-likeness (QED) is 0.251. The number of carbonyl (C=O) groups is 1. The van der Waals surface area contributed by atoms with Crippen molar-refractivity contribution in [3.63, 3.8) is 0 Å². The zero-order valence-corrected chi connectivity index (χ0v) is 21.0. The Morgan fingerprint density at radius 3 is 2.56 bits per heavy atom. The number of hydrogen-bond donors (Lipinski definition) is 1. The van der Waals surface area contributed by atoms with E-state index in [9.17, 15) is 4.79 Å². The predicted octanol–water partition coefficient (Wildman–Crippen LogP) is 8.31. The van der Waals surface area contributed by atoms with Gasteiger partial charge in [-0.15, -0.1) is 0 Å². The second kappa shape index (κ2) is 9.74. The standard InChI is InChI=1S/C32H29NO3/c1-5-35-30-18-31-27(28(19-36-31)25-12-8-10-23-9-6-7-11-24(23)25)17-26(30)21(3)16-32(34)33-29-14-13-20(2)15-22(29)4/h6-19H,5H2,1-4H3,(H,33,34)/b21-16+. The average molecular weight is 476 g/mol. The molecule has 0 fully saturated rings. The third-order valence-corrected chi connectivity index (χ3v) is 6.47. The van der Waals surface area contributed by atoms with Gasteiger partial charge in [0.15, 0.2) is 0 Å². The summed E-state index contributed by atoms with van der Waals surface area (Å²) in [5.74, 6) is 0.514. The lowest BCUT2D eigenvalue weighted by Crippen LogP contribution is -2.10.